The Morgan fingerprint density at radius 3 is 2.65 bits per heavy atom. The van der Waals surface area contributed by atoms with Gasteiger partial charge in [0.2, 0.25) is 5.95 Å². The first-order valence-electron chi connectivity index (χ1n) is 7.28. The van der Waals surface area contributed by atoms with Crippen molar-refractivity contribution >= 4 is 5.95 Å². The predicted octanol–water partition coefficient (Wildman–Crippen LogP) is 1.84. The van der Waals surface area contributed by atoms with Gasteiger partial charge in [0.1, 0.15) is 0 Å². The highest BCUT2D eigenvalue weighted by Crippen LogP contribution is 2.20. The maximum atomic E-state index is 5.22. The van der Waals surface area contributed by atoms with E-state index < -0.39 is 0 Å². The zero-order chi connectivity index (χ0) is 14.6. The second-order valence-electron chi connectivity index (χ2n) is 6.55. The van der Waals surface area contributed by atoms with Crippen LogP contribution in [0.2, 0.25) is 0 Å². The molecule has 1 aliphatic rings. The highest BCUT2D eigenvalue weighted by Gasteiger charge is 2.24. The lowest BCUT2D eigenvalue weighted by Crippen LogP contribution is -2.35. The highest BCUT2D eigenvalue weighted by atomic mass is 16.5. The van der Waals surface area contributed by atoms with E-state index >= 15 is 0 Å². The Morgan fingerprint density at radius 2 is 2.05 bits per heavy atom. The number of nitrogens with zero attached hydrogens (tertiary/aromatic N) is 3. The minimum atomic E-state index is 0.112. The standard InChI is InChI=1S/C15H26N4O/c1-15(2,3)18-9-13-7-16-14(17-8-13)19-6-5-12(10-19)11-20-4/h7-8,12,18H,5-6,9-11H2,1-4H3. The van der Waals surface area contributed by atoms with Gasteiger partial charge in [0.05, 0.1) is 6.61 Å². The summed E-state index contributed by atoms with van der Waals surface area (Å²) in [5, 5.41) is 3.44. The van der Waals surface area contributed by atoms with Gasteiger partial charge < -0.3 is 15.0 Å². The van der Waals surface area contributed by atoms with Gasteiger partial charge >= 0.3 is 0 Å². The number of ether oxygens (including phenoxy) is 1. The van der Waals surface area contributed by atoms with E-state index in [4.69, 9.17) is 4.74 Å². The van der Waals surface area contributed by atoms with Gasteiger partial charge in [-0.25, -0.2) is 9.97 Å². The van der Waals surface area contributed by atoms with Crippen LogP contribution in [0.1, 0.15) is 32.8 Å². The second kappa shape index (κ2) is 6.50. The molecule has 0 amide bonds. The van der Waals surface area contributed by atoms with Gasteiger partial charge in [0.15, 0.2) is 0 Å². The molecule has 112 valence electrons. The molecule has 1 atom stereocenters. The fourth-order valence-electron chi connectivity index (χ4n) is 2.36. The fraction of sp³-hybridized carbons (Fsp3) is 0.733. The average Bonchev–Trinajstić information content (AvgIpc) is 2.85. The minimum absolute atomic E-state index is 0.112. The van der Waals surface area contributed by atoms with Gasteiger partial charge in [-0.2, -0.15) is 0 Å². The Bertz CT molecular complexity index is 413. The molecular weight excluding hydrogens is 252 g/mol. The molecule has 5 nitrogen and oxygen atoms in total. The van der Waals surface area contributed by atoms with Gasteiger partial charge in [0, 0.05) is 56.2 Å². The summed E-state index contributed by atoms with van der Waals surface area (Å²) in [6.45, 7) is 10.1. The van der Waals surface area contributed by atoms with Crippen molar-refractivity contribution in [3.05, 3.63) is 18.0 Å². The van der Waals surface area contributed by atoms with Crippen LogP contribution < -0.4 is 10.2 Å². The summed E-state index contributed by atoms with van der Waals surface area (Å²) in [4.78, 5) is 11.2. The van der Waals surface area contributed by atoms with E-state index in [0.29, 0.717) is 5.92 Å². The smallest absolute Gasteiger partial charge is 0.225 e. The first-order valence-corrected chi connectivity index (χ1v) is 7.28. The topological polar surface area (TPSA) is 50.3 Å². The Morgan fingerprint density at radius 1 is 1.35 bits per heavy atom. The lowest BCUT2D eigenvalue weighted by molar-refractivity contribution is 0.161. The molecule has 2 heterocycles. The number of aromatic nitrogens is 2. The van der Waals surface area contributed by atoms with Crippen molar-refractivity contribution in [1.82, 2.24) is 15.3 Å². The summed E-state index contributed by atoms with van der Waals surface area (Å²) in [7, 11) is 1.76. The van der Waals surface area contributed by atoms with E-state index in [1.807, 2.05) is 12.4 Å². The molecule has 2 rings (SSSR count). The zero-order valence-corrected chi connectivity index (χ0v) is 13.0. The molecule has 1 aliphatic heterocycles. The molecule has 0 saturated carbocycles. The zero-order valence-electron chi connectivity index (χ0n) is 13.0. The van der Waals surface area contributed by atoms with Gasteiger partial charge in [-0.15, -0.1) is 0 Å². The average molecular weight is 278 g/mol. The number of methoxy groups -OCH3 is 1. The number of nitrogens with one attached hydrogen (secondary N) is 1. The van der Waals surface area contributed by atoms with Crippen LogP contribution in [0.3, 0.4) is 0 Å². The van der Waals surface area contributed by atoms with Crippen molar-refractivity contribution in [1.29, 1.82) is 0 Å². The molecule has 1 fully saturated rings. The third kappa shape index (κ3) is 4.42. The molecule has 0 bridgehead atoms. The van der Waals surface area contributed by atoms with Crippen LogP contribution >= 0.6 is 0 Å². The molecule has 0 spiro atoms. The van der Waals surface area contributed by atoms with Gasteiger partial charge in [0.25, 0.3) is 0 Å². The third-order valence-corrected chi connectivity index (χ3v) is 3.49. The molecule has 1 saturated heterocycles. The summed E-state index contributed by atoms with van der Waals surface area (Å²) < 4.78 is 5.22. The van der Waals surface area contributed by atoms with Crippen molar-refractivity contribution < 1.29 is 4.74 Å². The fourth-order valence-corrected chi connectivity index (χ4v) is 2.36. The van der Waals surface area contributed by atoms with E-state index in [-0.39, 0.29) is 5.54 Å². The Labute approximate surface area is 121 Å². The summed E-state index contributed by atoms with van der Waals surface area (Å²) in [5.41, 5.74) is 1.23. The van der Waals surface area contributed by atoms with Crippen molar-refractivity contribution in [3.8, 4) is 0 Å². The minimum Gasteiger partial charge on any atom is -0.384 e. The molecule has 1 aromatic rings. The first kappa shape index (κ1) is 15.2. The van der Waals surface area contributed by atoms with Gasteiger partial charge in [-0.3, -0.25) is 0 Å². The van der Waals surface area contributed by atoms with Crippen LogP contribution in [0.5, 0.6) is 0 Å². The van der Waals surface area contributed by atoms with Crippen LogP contribution in [0, 0.1) is 5.92 Å². The Hall–Kier alpha value is -1.20. The van der Waals surface area contributed by atoms with Crippen molar-refractivity contribution in [2.75, 3.05) is 31.7 Å². The second-order valence-corrected chi connectivity index (χ2v) is 6.55. The maximum Gasteiger partial charge on any atom is 0.225 e. The summed E-state index contributed by atoms with van der Waals surface area (Å²) in [6, 6.07) is 0. The number of hydrogen-bond donors (Lipinski definition) is 1. The van der Waals surface area contributed by atoms with E-state index in [0.717, 1.165) is 44.2 Å². The highest BCUT2D eigenvalue weighted by molar-refractivity contribution is 5.31. The summed E-state index contributed by atoms with van der Waals surface area (Å²) >= 11 is 0. The van der Waals surface area contributed by atoms with Crippen molar-refractivity contribution in [2.24, 2.45) is 5.92 Å². The van der Waals surface area contributed by atoms with E-state index in [9.17, 15) is 0 Å². The molecular formula is C15H26N4O. The molecule has 0 aliphatic carbocycles. The van der Waals surface area contributed by atoms with Gasteiger partial charge in [-0.05, 0) is 27.2 Å². The third-order valence-electron chi connectivity index (χ3n) is 3.49. The van der Waals surface area contributed by atoms with Crippen molar-refractivity contribution in [3.63, 3.8) is 0 Å². The first-order chi connectivity index (χ1) is 9.48. The van der Waals surface area contributed by atoms with Crippen molar-refractivity contribution in [2.45, 2.75) is 39.3 Å². The van der Waals surface area contributed by atoms with Crippen LogP contribution in [-0.4, -0.2) is 42.3 Å². The summed E-state index contributed by atoms with van der Waals surface area (Å²) in [5.74, 6) is 1.44. The number of hydrogen-bond acceptors (Lipinski definition) is 5. The molecule has 1 aromatic heterocycles. The van der Waals surface area contributed by atoms with Crippen LogP contribution in [0.4, 0.5) is 5.95 Å². The molecule has 0 aromatic carbocycles. The summed E-state index contributed by atoms with van der Waals surface area (Å²) in [6.07, 6.45) is 5.00. The molecule has 20 heavy (non-hydrogen) atoms. The predicted molar refractivity (Wildman–Crippen MR) is 80.8 cm³/mol. The van der Waals surface area contributed by atoms with Crippen LogP contribution in [0.25, 0.3) is 0 Å². The molecule has 1 unspecified atom stereocenters. The quantitative estimate of drug-likeness (QED) is 0.890. The number of anilines is 1. The molecule has 1 N–H and O–H groups in total. The monoisotopic (exact) mass is 278 g/mol. The van der Waals surface area contributed by atoms with Gasteiger partial charge in [-0.1, -0.05) is 0 Å². The Kier molecular flexibility index (Phi) is 4.94. The maximum absolute atomic E-state index is 5.22. The Balaban J connectivity index is 1.89. The lowest BCUT2D eigenvalue weighted by Gasteiger charge is -2.20. The van der Waals surface area contributed by atoms with Crippen LogP contribution in [-0.2, 0) is 11.3 Å². The van der Waals surface area contributed by atoms with E-state index in [1.54, 1.807) is 7.11 Å². The largest absolute Gasteiger partial charge is 0.384 e. The lowest BCUT2D eigenvalue weighted by atomic mass is 10.1. The van der Waals surface area contributed by atoms with E-state index in [2.05, 4.69) is 41.0 Å². The van der Waals surface area contributed by atoms with Crippen LogP contribution in [0.15, 0.2) is 12.4 Å². The normalized spacial score (nSPS) is 19.6. The number of rotatable bonds is 5. The van der Waals surface area contributed by atoms with E-state index in [1.165, 1.54) is 0 Å². The molecule has 5 heteroatoms. The molecule has 0 radical (unpaired) electrons. The SMILES string of the molecule is COCC1CCN(c2ncc(CNC(C)(C)C)cn2)C1.